The van der Waals surface area contributed by atoms with Crippen molar-refractivity contribution >= 4 is 40.4 Å². The van der Waals surface area contributed by atoms with Crippen LogP contribution in [-0.4, -0.2) is 44.5 Å². The number of fused-ring (bicyclic) bond motifs is 2. The van der Waals surface area contributed by atoms with Crippen molar-refractivity contribution < 1.29 is 14.4 Å². The van der Waals surface area contributed by atoms with Crippen LogP contribution in [0.1, 0.15) is 25.5 Å². The van der Waals surface area contributed by atoms with Crippen molar-refractivity contribution in [1.82, 2.24) is 14.5 Å². The quantitative estimate of drug-likeness (QED) is 0.586. The number of pyridine rings is 1. The third-order valence-electron chi connectivity index (χ3n) is 6.25. The van der Waals surface area contributed by atoms with Crippen molar-refractivity contribution in [3.63, 3.8) is 0 Å². The standard InChI is InChI=1S/C23H24N6O3/c1-2-14-6-5-9-20(25-14)27-21(30)19-11-13-10-18(13)29(19)23(32)26-16-12-28(22(24)31)17-8-4-3-7-15(16)17/h3-9,12-13,18-19H,2,10-11H2,1H3,(H2,24,31)(H,26,32)(H,25,27,30)/t13?,18?,19-/m0/s1. The number of carbonyl (C=O) groups excluding carboxylic acids is 3. The number of nitrogens with one attached hydrogen (secondary N) is 2. The summed E-state index contributed by atoms with van der Waals surface area (Å²) in [5.41, 5.74) is 7.44. The Morgan fingerprint density at radius 1 is 1.09 bits per heavy atom. The van der Waals surface area contributed by atoms with E-state index in [2.05, 4.69) is 15.6 Å². The van der Waals surface area contributed by atoms with Crippen LogP contribution in [0.15, 0.2) is 48.7 Å². The van der Waals surface area contributed by atoms with Gasteiger partial charge in [0.2, 0.25) is 5.91 Å². The molecule has 0 radical (unpaired) electrons. The maximum absolute atomic E-state index is 13.2. The average Bonchev–Trinajstić information content (AvgIpc) is 3.29. The van der Waals surface area contributed by atoms with Crippen LogP contribution in [0.3, 0.4) is 0 Å². The number of hydrogen-bond acceptors (Lipinski definition) is 4. The van der Waals surface area contributed by atoms with Crippen LogP contribution < -0.4 is 16.4 Å². The lowest BCUT2D eigenvalue weighted by atomic mass is 10.1. The van der Waals surface area contributed by atoms with Crippen molar-refractivity contribution in [3.05, 3.63) is 54.4 Å². The van der Waals surface area contributed by atoms with E-state index in [4.69, 9.17) is 5.73 Å². The molecule has 1 aromatic carbocycles. The first kappa shape index (κ1) is 20.0. The van der Waals surface area contributed by atoms with Crippen LogP contribution in [0.25, 0.3) is 10.9 Å². The van der Waals surface area contributed by atoms with Crippen molar-refractivity contribution in [2.24, 2.45) is 11.7 Å². The van der Waals surface area contributed by atoms with Gasteiger partial charge in [0.05, 0.1) is 11.2 Å². The topological polar surface area (TPSA) is 122 Å². The molecule has 2 fully saturated rings. The molecule has 1 aliphatic carbocycles. The number of nitrogens with two attached hydrogens (primary N) is 1. The molecular weight excluding hydrogens is 408 g/mol. The Balaban J connectivity index is 1.37. The van der Waals surface area contributed by atoms with Crippen molar-refractivity contribution in [2.45, 2.75) is 38.3 Å². The number of para-hydroxylation sites is 1. The first-order valence-electron chi connectivity index (χ1n) is 10.7. The van der Waals surface area contributed by atoms with E-state index >= 15 is 0 Å². The summed E-state index contributed by atoms with van der Waals surface area (Å²) in [6, 6.07) is 11.2. The maximum atomic E-state index is 13.2. The van der Waals surface area contributed by atoms with E-state index in [0.717, 1.165) is 18.5 Å². The molecule has 4 N–H and O–H groups in total. The predicted octanol–water partition coefficient (Wildman–Crippen LogP) is 3.16. The number of urea groups is 1. The molecule has 0 spiro atoms. The molecule has 0 bridgehead atoms. The van der Waals surface area contributed by atoms with Gasteiger partial charge in [0.15, 0.2) is 0 Å². The summed E-state index contributed by atoms with van der Waals surface area (Å²) in [7, 11) is 0. The number of likely N-dealkylation sites (tertiary alicyclic amines) is 1. The predicted molar refractivity (Wildman–Crippen MR) is 120 cm³/mol. The molecule has 3 atom stereocenters. The number of benzene rings is 1. The highest BCUT2D eigenvalue weighted by Crippen LogP contribution is 2.48. The number of primary amides is 1. The lowest BCUT2D eigenvalue weighted by Gasteiger charge is -2.26. The van der Waals surface area contributed by atoms with Crippen molar-refractivity contribution in [1.29, 1.82) is 0 Å². The number of anilines is 2. The summed E-state index contributed by atoms with van der Waals surface area (Å²) < 4.78 is 1.30. The summed E-state index contributed by atoms with van der Waals surface area (Å²) >= 11 is 0. The van der Waals surface area contributed by atoms with Gasteiger partial charge < -0.3 is 21.3 Å². The Hall–Kier alpha value is -3.88. The normalized spacial score (nSPS) is 21.3. The number of aromatic nitrogens is 2. The van der Waals surface area contributed by atoms with Crippen molar-refractivity contribution in [3.8, 4) is 0 Å². The van der Waals surface area contributed by atoms with E-state index in [1.54, 1.807) is 23.1 Å². The van der Waals surface area contributed by atoms with E-state index in [9.17, 15) is 14.4 Å². The van der Waals surface area contributed by atoms with Gasteiger partial charge in [0.25, 0.3) is 0 Å². The van der Waals surface area contributed by atoms with Gasteiger partial charge >= 0.3 is 12.1 Å². The van der Waals surface area contributed by atoms with Crippen LogP contribution in [0.5, 0.6) is 0 Å². The smallest absolute Gasteiger partial charge is 0.323 e. The van der Waals surface area contributed by atoms with E-state index in [1.165, 1.54) is 10.8 Å². The number of aryl methyl sites for hydroxylation is 1. The minimum atomic E-state index is -0.635. The Bertz CT molecular complexity index is 1240. The third kappa shape index (κ3) is 3.45. The molecule has 1 saturated heterocycles. The number of piperidine rings is 1. The fourth-order valence-corrected chi connectivity index (χ4v) is 4.58. The van der Waals surface area contributed by atoms with Crippen LogP contribution >= 0.6 is 0 Å². The molecule has 2 aliphatic rings. The van der Waals surface area contributed by atoms with Gasteiger partial charge in [-0.2, -0.15) is 0 Å². The minimum absolute atomic E-state index is 0.0465. The zero-order valence-corrected chi connectivity index (χ0v) is 17.6. The average molecular weight is 432 g/mol. The second-order valence-corrected chi connectivity index (χ2v) is 8.28. The molecular formula is C23H24N6O3. The van der Waals surface area contributed by atoms with Gasteiger partial charge in [-0.15, -0.1) is 0 Å². The molecule has 3 aromatic rings. The van der Waals surface area contributed by atoms with Gasteiger partial charge in [0, 0.05) is 23.3 Å². The second-order valence-electron chi connectivity index (χ2n) is 8.28. The number of rotatable bonds is 4. The first-order chi connectivity index (χ1) is 15.5. The number of carbonyl (C=O) groups is 3. The Kier molecular flexibility index (Phi) is 4.80. The third-order valence-corrected chi connectivity index (χ3v) is 6.25. The largest absolute Gasteiger partial charge is 0.351 e. The SMILES string of the molecule is CCc1cccc(NC(=O)[C@@H]2CC3CC3N2C(=O)Nc2cn(C(N)=O)c3ccccc23)n1. The van der Waals surface area contributed by atoms with E-state index in [0.29, 0.717) is 34.7 Å². The second kappa shape index (κ2) is 7.67. The number of amides is 4. The summed E-state index contributed by atoms with van der Waals surface area (Å²) in [5.74, 6) is 0.575. The Morgan fingerprint density at radius 2 is 1.91 bits per heavy atom. The van der Waals surface area contributed by atoms with E-state index < -0.39 is 12.1 Å². The highest BCUT2D eigenvalue weighted by atomic mass is 16.2. The maximum Gasteiger partial charge on any atom is 0.323 e. The van der Waals surface area contributed by atoms with Crippen LogP contribution in [0, 0.1) is 5.92 Å². The summed E-state index contributed by atoms with van der Waals surface area (Å²) in [6.45, 7) is 2.00. The lowest BCUT2D eigenvalue weighted by molar-refractivity contribution is -0.120. The molecule has 9 nitrogen and oxygen atoms in total. The molecule has 4 amide bonds. The molecule has 164 valence electrons. The van der Waals surface area contributed by atoms with Crippen LogP contribution in [0.4, 0.5) is 21.1 Å². The summed E-state index contributed by atoms with van der Waals surface area (Å²) in [4.78, 5) is 44.1. The zero-order valence-electron chi connectivity index (χ0n) is 17.6. The Labute approximate surface area is 184 Å². The minimum Gasteiger partial charge on any atom is -0.351 e. The number of hydrogen-bond donors (Lipinski definition) is 3. The molecule has 1 aliphatic heterocycles. The fraction of sp³-hybridized carbons (Fsp3) is 0.304. The lowest BCUT2D eigenvalue weighted by Crippen LogP contribution is -2.47. The molecule has 9 heteroatoms. The first-order valence-corrected chi connectivity index (χ1v) is 10.7. The highest BCUT2D eigenvalue weighted by molar-refractivity contribution is 6.06. The highest BCUT2D eigenvalue weighted by Gasteiger charge is 2.56. The Morgan fingerprint density at radius 3 is 2.69 bits per heavy atom. The molecule has 2 aromatic heterocycles. The molecule has 3 heterocycles. The van der Waals surface area contributed by atoms with Gasteiger partial charge in [-0.25, -0.2) is 14.6 Å². The van der Waals surface area contributed by atoms with Crippen molar-refractivity contribution in [2.75, 3.05) is 10.6 Å². The molecule has 32 heavy (non-hydrogen) atoms. The summed E-state index contributed by atoms with van der Waals surface area (Å²) in [5, 5.41) is 6.45. The molecule has 5 rings (SSSR count). The fourth-order valence-electron chi connectivity index (χ4n) is 4.58. The van der Waals surface area contributed by atoms with E-state index in [1.807, 2.05) is 31.2 Å². The number of nitrogens with zero attached hydrogens (tertiary/aromatic N) is 3. The van der Waals surface area contributed by atoms with Gasteiger partial charge in [0.1, 0.15) is 11.9 Å². The molecule has 1 saturated carbocycles. The molecule has 2 unspecified atom stereocenters. The van der Waals surface area contributed by atoms with Gasteiger partial charge in [-0.05, 0) is 43.4 Å². The zero-order chi connectivity index (χ0) is 22.4. The van der Waals surface area contributed by atoms with Crippen LogP contribution in [-0.2, 0) is 11.2 Å². The van der Waals surface area contributed by atoms with Gasteiger partial charge in [-0.1, -0.05) is 31.2 Å². The van der Waals surface area contributed by atoms with E-state index in [-0.39, 0.29) is 18.0 Å². The van der Waals surface area contributed by atoms with Crippen LogP contribution in [0.2, 0.25) is 0 Å². The monoisotopic (exact) mass is 432 g/mol. The summed E-state index contributed by atoms with van der Waals surface area (Å²) in [6.07, 6.45) is 3.80. The van der Waals surface area contributed by atoms with Gasteiger partial charge in [-0.3, -0.25) is 9.36 Å².